The second-order valence-electron chi connectivity index (χ2n) is 5.44. The van der Waals surface area contributed by atoms with Gasteiger partial charge in [-0.2, -0.15) is 0 Å². The molecule has 26 heavy (non-hydrogen) atoms. The lowest BCUT2D eigenvalue weighted by atomic mass is 10.1. The fourth-order valence-electron chi connectivity index (χ4n) is 2.11. The number of nitrogens with one attached hydrogen (secondary N) is 4. The van der Waals surface area contributed by atoms with E-state index in [9.17, 15) is 14.4 Å². The van der Waals surface area contributed by atoms with Crippen molar-refractivity contribution in [2.45, 2.75) is 13.8 Å². The molecule has 0 radical (unpaired) electrons. The number of benzene rings is 2. The maximum absolute atomic E-state index is 12.3. The summed E-state index contributed by atoms with van der Waals surface area (Å²) in [6.07, 6.45) is 0. The minimum absolute atomic E-state index is 0.00651. The van der Waals surface area contributed by atoms with E-state index in [1.165, 1.54) is 6.92 Å². The largest absolute Gasteiger partial charge is 0.322 e. The van der Waals surface area contributed by atoms with Gasteiger partial charge in [-0.15, -0.1) is 0 Å². The Morgan fingerprint density at radius 3 is 2.15 bits per heavy atom. The summed E-state index contributed by atoms with van der Waals surface area (Å²) >= 11 is 4.82. The molecule has 0 aromatic heterocycles. The van der Waals surface area contributed by atoms with Crippen molar-refractivity contribution in [2.75, 3.05) is 5.32 Å². The number of rotatable bonds is 3. The zero-order chi connectivity index (χ0) is 19.1. The van der Waals surface area contributed by atoms with Crippen LogP contribution in [-0.2, 0) is 4.79 Å². The fourth-order valence-corrected chi connectivity index (χ4v) is 2.30. The summed E-state index contributed by atoms with van der Waals surface area (Å²) in [6, 6.07) is 13.6. The van der Waals surface area contributed by atoms with Crippen LogP contribution in [0.3, 0.4) is 0 Å². The molecule has 0 aliphatic heterocycles. The summed E-state index contributed by atoms with van der Waals surface area (Å²) in [4.78, 5) is 35.1. The van der Waals surface area contributed by atoms with Gasteiger partial charge in [-0.1, -0.05) is 18.2 Å². The van der Waals surface area contributed by atoms with Crippen molar-refractivity contribution in [3.8, 4) is 0 Å². The van der Waals surface area contributed by atoms with Crippen molar-refractivity contribution in [1.82, 2.24) is 16.2 Å². The predicted octanol–water partition coefficient (Wildman–Crippen LogP) is 1.90. The summed E-state index contributed by atoms with van der Waals surface area (Å²) in [5, 5.41) is 5.10. The second-order valence-corrected chi connectivity index (χ2v) is 5.84. The van der Waals surface area contributed by atoms with E-state index in [-0.39, 0.29) is 16.9 Å². The van der Waals surface area contributed by atoms with E-state index in [2.05, 4.69) is 21.5 Å². The number of carbonyl (C=O) groups excluding carboxylic acids is 3. The molecule has 7 nitrogen and oxygen atoms in total. The number of hydrazine groups is 1. The highest BCUT2D eigenvalue weighted by Crippen LogP contribution is 2.13. The van der Waals surface area contributed by atoms with E-state index in [0.29, 0.717) is 16.8 Å². The quantitative estimate of drug-likeness (QED) is 0.489. The van der Waals surface area contributed by atoms with Gasteiger partial charge in [-0.3, -0.25) is 25.2 Å². The summed E-state index contributed by atoms with van der Waals surface area (Å²) in [7, 11) is 0. The molecule has 0 heterocycles. The molecule has 0 unspecified atom stereocenters. The normalized spacial score (nSPS) is 9.77. The highest BCUT2D eigenvalue weighted by Gasteiger charge is 2.10. The smallest absolute Gasteiger partial charge is 0.269 e. The molecule has 4 N–H and O–H groups in total. The van der Waals surface area contributed by atoms with Crippen molar-refractivity contribution in [2.24, 2.45) is 0 Å². The molecule has 0 atom stereocenters. The molecule has 2 aromatic carbocycles. The van der Waals surface area contributed by atoms with Gasteiger partial charge >= 0.3 is 0 Å². The Hall–Kier alpha value is -3.26. The number of amides is 3. The molecular formula is C18H18N4O3S. The summed E-state index contributed by atoms with van der Waals surface area (Å²) in [5.41, 5.74) is 7.17. The number of carbonyl (C=O) groups is 3. The number of aryl methyl sites for hydroxylation is 1. The molecule has 0 spiro atoms. The van der Waals surface area contributed by atoms with Crippen LogP contribution in [0.4, 0.5) is 5.69 Å². The Morgan fingerprint density at radius 2 is 1.54 bits per heavy atom. The lowest BCUT2D eigenvalue weighted by molar-refractivity contribution is -0.117. The lowest BCUT2D eigenvalue weighted by Gasteiger charge is -2.10. The van der Waals surface area contributed by atoms with Crippen LogP contribution >= 0.6 is 12.2 Å². The van der Waals surface area contributed by atoms with Crippen LogP contribution in [0.25, 0.3) is 0 Å². The molecule has 0 saturated heterocycles. The third kappa shape index (κ3) is 5.38. The SMILES string of the molecule is CC(=O)NC(=S)NNC(=O)c1ccc(NC(=O)c2ccccc2C)cc1. The summed E-state index contributed by atoms with van der Waals surface area (Å²) in [6.45, 7) is 3.17. The highest BCUT2D eigenvalue weighted by molar-refractivity contribution is 7.80. The third-order valence-electron chi connectivity index (χ3n) is 3.37. The zero-order valence-corrected chi connectivity index (χ0v) is 15.1. The molecule has 8 heteroatoms. The van der Waals surface area contributed by atoms with Gasteiger partial charge in [0.2, 0.25) is 5.91 Å². The maximum atomic E-state index is 12.3. The number of thiocarbonyl (C=S) groups is 1. The van der Waals surface area contributed by atoms with Gasteiger partial charge in [0.15, 0.2) is 5.11 Å². The molecule has 2 rings (SSSR count). The summed E-state index contributed by atoms with van der Waals surface area (Å²) < 4.78 is 0. The van der Waals surface area contributed by atoms with E-state index >= 15 is 0 Å². The van der Waals surface area contributed by atoms with Crippen molar-refractivity contribution in [1.29, 1.82) is 0 Å². The highest BCUT2D eigenvalue weighted by atomic mass is 32.1. The minimum Gasteiger partial charge on any atom is -0.322 e. The molecule has 3 amide bonds. The average Bonchev–Trinajstić information content (AvgIpc) is 2.60. The van der Waals surface area contributed by atoms with Gasteiger partial charge in [0.25, 0.3) is 11.8 Å². The third-order valence-corrected chi connectivity index (χ3v) is 3.58. The van der Waals surface area contributed by atoms with Crippen LogP contribution < -0.4 is 21.5 Å². The maximum Gasteiger partial charge on any atom is 0.269 e. The molecule has 0 bridgehead atoms. The van der Waals surface area contributed by atoms with Crippen LogP contribution in [0.15, 0.2) is 48.5 Å². The van der Waals surface area contributed by atoms with Crippen molar-refractivity contribution < 1.29 is 14.4 Å². The second kappa shape index (κ2) is 8.72. The molecule has 0 aliphatic carbocycles. The molecular weight excluding hydrogens is 352 g/mol. The zero-order valence-electron chi connectivity index (χ0n) is 14.3. The monoisotopic (exact) mass is 370 g/mol. The Morgan fingerprint density at radius 1 is 0.885 bits per heavy atom. The average molecular weight is 370 g/mol. The molecule has 2 aromatic rings. The lowest BCUT2D eigenvalue weighted by Crippen LogP contribution is -2.47. The van der Waals surface area contributed by atoms with Crippen molar-refractivity contribution >= 4 is 40.7 Å². The van der Waals surface area contributed by atoms with Crippen molar-refractivity contribution in [3.63, 3.8) is 0 Å². The summed E-state index contributed by atoms with van der Waals surface area (Å²) in [5.74, 6) is -0.998. The molecule has 0 aliphatic rings. The Bertz CT molecular complexity index is 850. The topological polar surface area (TPSA) is 99.3 Å². The van der Waals surface area contributed by atoms with Gasteiger partial charge in [0.1, 0.15) is 0 Å². The van der Waals surface area contributed by atoms with Gasteiger partial charge in [0.05, 0.1) is 0 Å². The van der Waals surface area contributed by atoms with Crippen LogP contribution in [0.5, 0.6) is 0 Å². The first-order valence-electron chi connectivity index (χ1n) is 7.72. The fraction of sp³-hybridized carbons (Fsp3) is 0.111. The first kappa shape index (κ1) is 19.1. The van der Waals surface area contributed by atoms with Gasteiger partial charge in [0, 0.05) is 23.7 Å². The van der Waals surface area contributed by atoms with E-state index in [1.54, 1.807) is 36.4 Å². The molecule has 0 saturated carbocycles. The van der Waals surface area contributed by atoms with Gasteiger partial charge < -0.3 is 10.6 Å². The number of anilines is 1. The van der Waals surface area contributed by atoms with E-state index in [4.69, 9.17) is 12.2 Å². The van der Waals surface area contributed by atoms with Crippen LogP contribution in [0.1, 0.15) is 33.2 Å². The number of hydrogen-bond acceptors (Lipinski definition) is 4. The van der Waals surface area contributed by atoms with E-state index in [0.717, 1.165) is 5.56 Å². The molecule has 134 valence electrons. The predicted molar refractivity (Wildman–Crippen MR) is 103 cm³/mol. The van der Waals surface area contributed by atoms with Crippen molar-refractivity contribution in [3.05, 3.63) is 65.2 Å². The van der Waals surface area contributed by atoms with Crippen LogP contribution in [0.2, 0.25) is 0 Å². The minimum atomic E-state index is -0.436. The molecule has 0 fully saturated rings. The standard InChI is InChI=1S/C18H18N4O3S/c1-11-5-3-4-6-15(11)17(25)20-14-9-7-13(8-10-14)16(24)21-22-18(26)19-12(2)23/h3-10H,1-2H3,(H,20,25)(H,21,24)(H2,19,22,23,26). The first-order chi connectivity index (χ1) is 12.4. The van der Waals surface area contributed by atoms with E-state index < -0.39 is 5.91 Å². The Balaban J connectivity index is 1.94. The van der Waals surface area contributed by atoms with Crippen LogP contribution in [-0.4, -0.2) is 22.8 Å². The van der Waals surface area contributed by atoms with Gasteiger partial charge in [-0.05, 0) is 55.0 Å². The first-order valence-corrected chi connectivity index (χ1v) is 8.12. The Labute approximate surface area is 156 Å². The number of hydrogen-bond donors (Lipinski definition) is 4. The van der Waals surface area contributed by atoms with Crippen LogP contribution in [0, 0.1) is 6.92 Å². The van der Waals surface area contributed by atoms with E-state index in [1.807, 2.05) is 19.1 Å². The van der Waals surface area contributed by atoms with Gasteiger partial charge in [-0.25, -0.2) is 0 Å². The Kier molecular flexibility index (Phi) is 6.40.